The van der Waals surface area contributed by atoms with Gasteiger partial charge in [0.25, 0.3) is 0 Å². The number of rotatable bonds is 5. The third kappa shape index (κ3) is 3.50. The van der Waals surface area contributed by atoms with Gasteiger partial charge in [0.1, 0.15) is 11.5 Å². The molecule has 3 nitrogen and oxygen atoms in total. The standard InChI is InChI=1S/C20H25NO2/c1-14(15-7-10-18(22-2)11-8-15)21-17-9-12-19-16(13-17)5-4-6-20(19)23-3/h4-8,10-11,14,17,21H,9,12-13H2,1-3H3/t14-,17?/m1/s1. The summed E-state index contributed by atoms with van der Waals surface area (Å²) >= 11 is 0. The third-order valence-corrected chi connectivity index (χ3v) is 4.76. The lowest BCUT2D eigenvalue weighted by molar-refractivity contribution is 0.386. The molecule has 122 valence electrons. The van der Waals surface area contributed by atoms with Crippen molar-refractivity contribution >= 4 is 0 Å². The van der Waals surface area contributed by atoms with Gasteiger partial charge >= 0.3 is 0 Å². The topological polar surface area (TPSA) is 30.5 Å². The van der Waals surface area contributed by atoms with Crippen LogP contribution in [0.4, 0.5) is 0 Å². The van der Waals surface area contributed by atoms with Gasteiger partial charge in [-0.2, -0.15) is 0 Å². The Morgan fingerprint density at radius 3 is 2.52 bits per heavy atom. The third-order valence-electron chi connectivity index (χ3n) is 4.76. The second-order valence-electron chi connectivity index (χ2n) is 6.20. The van der Waals surface area contributed by atoms with Gasteiger partial charge in [-0.15, -0.1) is 0 Å². The van der Waals surface area contributed by atoms with Crippen LogP contribution < -0.4 is 14.8 Å². The quantitative estimate of drug-likeness (QED) is 0.908. The van der Waals surface area contributed by atoms with Gasteiger partial charge in [-0.1, -0.05) is 24.3 Å². The van der Waals surface area contributed by atoms with E-state index in [1.807, 2.05) is 12.1 Å². The number of hydrogen-bond acceptors (Lipinski definition) is 3. The molecule has 2 aromatic carbocycles. The Hall–Kier alpha value is -2.00. The zero-order valence-corrected chi connectivity index (χ0v) is 14.1. The molecule has 0 aliphatic heterocycles. The van der Waals surface area contributed by atoms with Crippen molar-refractivity contribution in [3.8, 4) is 11.5 Å². The first-order chi connectivity index (χ1) is 11.2. The molecule has 2 aromatic rings. The van der Waals surface area contributed by atoms with Gasteiger partial charge in [0.2, 0.25) is 0 Å². The monoisotopic (exact) mass is 311 g/mol. The Labute approximate surface area is 138 Å². The number of nitrogens with one attached hydrogen (secondary N) is 1. The van der Waals surface area contributed by atoms with Gasteiger partial charge in [-0.05, 0) is 61.1 Å². The molecule has 3 heteroatoms. The van der Waals surface area contributed by atoms with E-state index >= 15 is 0 Å². The van der Waals surface area contributed by atoms with E-state index < -0.39 is 0 Å². The lowest BCUT2D eigenvalue weighted by Gasteiger charge is -2.29. The molecule has 0 aromatic heterocycles. The van der Waals surface area contributed by atoms with Crippen LogP contribution in [0, 0.1) is 0 Å². The van der Waals surface area contributed by atoms with Crippen LogP contribution in [0.2, 0.25) is 0 Å². The van der Waals surface area contributed by atoms with Crippen molar-refractivity contribution in [3.05, 3.63) is 59.2 Å². The van der Waals surface area contributed by atoms with Crippen molar-refractivity contribution in [2.75, 3.05) is 14.2 Å². The van der Waals surface area contributed by atoms with Gasteiger partial charge < -0.3 is 14.8 Å². The maximum Gasteiger partial charge on any atom is 0.122 e. The van der Waals surface area contributed by atoms with E-state index in [1.165, 1.54) is 16.7 Å². The van der Waals surface area contributed by atoms with Crippen LogP contribution in [0.15, 0.2) is 42.5 Å². The molecule has 2 atom stereocenters. The lowest BCUT2D eigenvalue weighted by Crippen LogP contribution is -2.36. The van der Waals surface area contributed by atoms with Crippen LogP contribution in [0.3, 0.4) is 0 Å². The minimum atomic E-state index is 0.332. The molecule has 1 aliphatic carbocycles. The number of fused-ring (bicyclic) bond motifs is 1. The molecule has 0 bridgehead atoms. The Kier molecular flexibility index (Phi) is 4.87. The van der Waals surface area contributed by atoms with E-state index in [0.29, 0.717) is 12.1 Å². The maximum atomic E-state index is 5.49. The van der Waals surface area contributed by atoms with Crippen molar-refractivity contribution in [2.24, 2.45) is 0 Å². The average molecular weight is 311 g/mol. The van der Waals surface area contributed by atoms with Crippen molar-refractivity contribution in [2.45, 2.75) is 38.3 Å². The minimum Gasteiger partial charge on any atom is -0.497 e. The molecule has 0 fully saturated rings. The normalized spacial score (nSPS) is 18.1. The second-order valence-corrected chi connectivity index (χ2v) is 6.20. The summed E-state index contributed by atoms with van der Waals surface area (Å²) in [6.45, 7) is 2.23. The molecule has 23 heavy (non-hydrogen) atoms. The van der Waals surface area contributed by atoms with Crippen LogP contribution in [0.5, 0.6) is 11.5 Å². The van der Waals surface area contributed by atoms with Crippen molar-refractivity contribution in [1.29, 1.82) is 0 Å². The minimum absolute atomic E-state index is 0.332. The molecular weight excluding hydrogens is 286 g/mol. The fourth-order valence-corrected chi connectivity index (χ4v) is 3.45. The zero-order chi connectivity index (χ0) is 16.2. The highest BCUT2D eigenvalue weighted by atomic mass is 16.5. The molecular formula is C20H25NO2. The first-order valence-corrected chi connectivity index (χ1v) is 8.26. The second kappa shape index (κ2) is 7.05. The molecule has 0 amide bonds. The Balaban J connectivity index is 1.66. The zero-order valence-electron chi connectivity index (χ0n) is 14.1. The molecule has 1 aliphatic rings. The highest BCUT2D eigenvalue weighted by molar-refractivity contribution is 5.42. The Morgan fingerprint density at radius 2 is 1.83 bits per heavy atom. The van der Waals surface area contributed by atoms with E-state index in [2.05, 4.69) is 42.6 Å². The van der Waals surface area contributed by atoms with Crippen LogP contribution in [0.1, 0.15) is 36.1 Å². The van der Waals surface area contributed by atoms with Crippen molar-refractivity contribution in [1.82, 2.24) is 5.32 Å². The van der Waals surface area contributed by atoms with Gasteiger partial charge in [0, 0.05) is 12.1 Å². The van der Waals surface area contributed by atoms with E-state index in [1.54, 1.807) is 14.2 Å². The van der Waals surface area contributed by atoms with Gasteiger partial charge in [0.05, 0.1) is 14.2 Å². The predicted molar refractivity (Wildman–Crippen MR) is 93.4 cm³/mol. The number of ether oxygens (including phenoxy) is 2. The molecule has 0 spiro atoms. The summed E-state index contributed by atoms with van der Waals surface area (Å²) in [6.07, 6.45) is 3.28. The fraction of sp³-hybridized carbons (Fsp3) is 0.400. The van der Waals surface area contributed by atoms with Crippen LogP contribution in [-0.2, 0) is 12.8 Å². The molecule has 0 radical (unpaired) electrons. The smallest absolute Gasteiger partial charge is 0.122 e. The highest BCUT2D eigenvalue weighted by Gasteiger charge is 2.22. The molecule has 0 saturated carbocycles. The highest BCUT2D eigenvalue weighted by Crippen LogP contribution is 2.30. The van der Waals surface area contributed by atoms with Gasteiger partial charge in [-0.3, -0.25) is 0 Å². The molecule has 1 N–H and O–H groups in total. The van der Waals surface area contributed by atoms with Crippen LogP contribution in [0.25, 0.3) is 0 Å². The summed E-state index contributed by atoms with van der Waals surface area (Å²) in [5.41, 5.74) is 4.09. The number of hydrogen-bond donors (Lipinski definition) is 1. The summed E-state index contributed by atoms with van der Waals surface area (Å²) in [5.74, 6) is 1.93. The summed E-state index contributed by atoms with van der Waals surface area (Å²) in [6, 6.07) is 15.5. The van der Waals surface area contributed by atoms with E-state index in [0.717, 1.165) is 30.8 Å². The van der Waals surface area contributed by atoms with Gasteiger partial charge in [0.15, 0.2) is 0 Å². The van der Waals surface area contributed by atoms with E-state index in [-0.39, 0.29) is 0 Å². The SMILES string of the molecule is COc1ccc([C@@H](C)NC2CCc3c(cccc3OC)C2)cc1. The molecule has 3 rings (SSSR count). The first kappa shape index (κ1) is 15.9. The van der Waals surface area contributed by atoms with Crippen molar-refractivity contribution < 1.29 is 9.47 Å². The molecule has 0 heterocycles. The van der Waals surface area contributed by atoms with Crippen molar-refractivity contribution in [3.63, 3.8) is 0 Å². The fourth-order valence-electron chi connectivity index (χ4n) is 3.45. The van der Waals surface area contributed by atoms with Crippen LogP contribution >= 0.6 is 0 Å². The Bertz CT molecular complexity index is 651. The van der Waals surface area contributed by atoms with E-state index in [4.69, 9.17) is 9.47 Å². The van der Waals surface area contributed by atoms with E-state index in [9.17, 15) is 0 Å². The summed E-state index contributed by atoms with van der Waals surface area (Å²) < 4.78 is 10.7. The summed E-state index contributed by atoms with van der Waals surface area (Å²) in [7, 11) is 3.45. The average Bonchev–Trinajstić information content (AvgIpc) is 2.61. The summed E-state index contributed by atoms with van der Waals surface area (Å²) in [4.78, 5) is 0. The first-order valence-electron chi connectivity index (χ1n) is 8.26. The number of methoxy groups -OCH3 is 2. The molecule has 1 unspecified atom stereocenters. The largest absolute Gasteiger partial charge is 0.497 e. The van der Waals surface area contributed by atoms with Crippen LogP contribution in [-0.4, -0.2) is 20.3 Å². The maximum absolute atomic E-state index is 5.49. The molecule has 0 saturated heterocycles. The summed E-state index contributed by atoms with van der Waals surface area (Å²) in [5, 5.41) is 3.77. The predicted octanol–water partition coefficient (Wildman–Crippen LogP) is 3.91. The van der Waals surface area contributed by atoms with Gasteiger partial charge in [-0.25, -0.2) is 0 Å². The Morgan fingerprint density at radius 1 is 1.04 bits per heavy atom. The lowest BCUT2D eigenvalue weighted by atomic mass is 9.87. The number of benzene rings is 2.